The number of phenols is 6. The molecule has 3 aliphatic rings. The van der Waals surface area contributed by atoms with Gasteiger partial charge in [-0.05, 0) is 53.1 Å². The second-order valence-electron chi connectivity index (χ2n) is 10.2. The molecule has 7 rings (SSSR count). The zero-order valence-corrected chi connectivity index (χ0v) is 20.7. The van der Waals surface area contributed by atoms with Crippen LogP contribution in [-0.4, -0.2) is 48.0 Å². The largest absolute Gasteiger partial charge is 0.508 e. The Morgan fingerprint density at radius 2 is 1.12 bits per heavy atom. The maximum atomic E-state index is 11.6. The molecule has 10 heteroatoms. The molecule has 0 unspecified atom stereocenters. The molecule has 0 saturated heterocycles. The van der Waals surface area contributed by atoms with Crippen LogP contribution in [0.25, 0.3) is 0 Å². The number of ether oxygens (including phenoxy) is 3. The third-order valence-electron chi connectivity index (χ3n) is 7.88. The summed E-state index contributed by atoms with van der Waals surface area (Å²) in [5, 5.41) is 73.8. The molecular formula is C30H24O10. The van der Waals surface area contributed by atoms with E-state index in [0.717, 1.165) is 0 Å². The van der Waals surface area contributed by atoms with E-state index < -0.39 is 53.7 Å². The van der Waals surface area contributed by atoms with Gasteiger partial charge in [-0.1, -0.05) is 30.3 Å². The lowest BCUT2D eigenvalue weighted by molar-refractivity contribution is -0.166. The summed E-state index contributed by atoms with van der Waals surface area (Å²) < 4.78 is 18.9. The van der Waals surface area contributed by atoms with E-state index in [0.29, 0.717) is 27.8 Å². The molecule has 0 radical (unpaired) electrons. The summed E-state index contributed by atoms with van der Waals surface area (Å²) in [6.07, 6.45) is -5.00. The normalized spacial score (nSPS) is 26.0. The molecular weight excluding hydrogens is 520 g/mol. The first-order valence-corrected chi connectivity index (χ1v) is 12.6. The van der Waals surface area contributed by atoms with Crippen LogP contribution in [-0.2, 0) is 4.74 Å². The van der Waals surface area contributed by atoms with E-state index in [1.54, 1.807) is 30.3 Å². The molecule has 0 aromatic heterocycles. The molecule has 3 heterocycles. The van der Waals surface area contributed by atoms with Crippen molar-refractivity contribution in [1.29, 1.82) is 0 Å². The van der Waals surface area contributed by atoms with Gasteiger partial charge in [-0.3, -0.25) is 0 Å². The zero-order chi connectivity index (χ0) is 27.9. The van der Waals surface area contributed by atoms with Crippen LogP contribution in [0.5, 0.6) is 46.0 Å². The number of benzene rings is 4. The molecule has 6 atom stereocenters. The zero-order valence-electron chi connectivity index (χ0n) is 20.7. The number of fused-ring (bicyclic) bond motifs is 4. The highest BCUT2D eigenvalue weighted by molar-refractivity contribution is 5.66. The quantitative estimate of drug-likeness (QED) is 0.182. The standard InChI is InChI=1S/C30H24O10/c31-14-5-1-12(2-6-14)25-24(37)29-21-17(11-19(34)23(36)28(21)38-25)20-16-9-10-18(33)22(35)27(16)39-26(30(20)40-29)13-3-7-15(32)8-4-13/h1-11,20,24-26,29-37H/t20-,24-,25-,26-,29-,30-/m1/s1. The van der Waals surface area contributed by atoms with Gasteiger partial charge in [-0.25, -0.2) is 0 Å². The van der Waals surface area contributed by atoms with E-state index in [4.69, 9.17) is 14.2 Å². The predicted molar refractivity (Wildman–Crippen MR) is 138 cm³/mol. The average Bonchev–Trinajstić information content (AvgIpc) is 2.95. The minimum absolute atomic E-state index is 0.0157. The van der Waals surface area contributed by atoms with Crippen LogP contribution >= 0.6 is 0 Å². The molecule has 7 N–H and O–H groups in total. The number of aromatic hydroxyl groups is 6. The van der Waals surface area contributed by atoms with E-state index in [9.17, 15) is 35.7 Å². The van der Waals surface area contributed by atoms with Crippen molar-refractivity contribution >= 4 is 0 Å². The van der Waals surface area contributed by atoms with Crippen molar-refractivity contribution in [2.24, 2.45) is 0 Å². The number of aliphatic hydroxyl groups is 1. The summed E-state index contributed by atoms with van der Waals surface area (Å²) in [7, 11) is 0. The van der Waals surface area contributed by atoms with Gasteiger partial charge in [0.25, 0.3) is 0 Å². The molecule has 204 valence electrons. The molecule has 4 aromatic carbocycles. The van der Waals surface area contributed by atoms with Crippen molar-refractivity contribution in [2.45, 2.75) is 36.4 Å². The first kappa shape index (κ1) is 24.3. The lowest BCUT2D eigenvalue weighted by atomic mass is 9.73. The van der Waals surface area contributed by atoms with Crippen molar-refractivity contribution in [3.05, 3.63) is 94.5 Å². The highest BCUT2D eigenvalue weighted by Gasteiger charge is 2.54. The molecule has 0 amide bonds. The number of phenolic OH excluding ortho intramolecular Hbond substituents is 6. The van der Waals surface area contributed by atoms with Gasteiger partial charge >= 0.3 is 0 Å². The fourth-order valence-corrected chi connectivity index (χ4v) is 6.02. The van der Waals surface area contributed by atoms with Crippen LogP contribution in [0.15, 0.2) is 66.7 Å². The summed E-state index contributed by atoms with van der Waals surface area (Å²) in [5.74, 6) is -2.49. The summed E-state index contributed by atoms with van der Waals surface area (Å²) >= 11 is 0. The molecule has 0 aliphatic carbocycles. The number of aliphatic hydroxyl groups excluding tert-OH is 1. The minimum Gasteiger partial charge on any atom is -0.508 e. The summed E-state index contributed by atoms with van der Waals surface area (Å²) in [5.41, 5.74) is 2.37. The van der Waals surface area contributed by atoms with Gasteiger partial charge in [0, 0.05) is 17.0 Å². The Kier molecular flexibility index (Phi) is 5.22. The Morgan fingerprint density at radius 1 is 0.550 bits per heavy atom. The lowest BCUT2D eigenvalue weighted by Crippen LogP contribution is -2.47. The maximum absolute atomic E-state index is 11.6. The van der Waals surface area contributed by atoms with Gasteiger partial charge in [-0.15, -0.1) is 0 Å². The van der Waals surface area contributed by atoms with E-state index in [1.165, 1.54) is 36.4 Å². The van der Waals surface area contributed by atoms with Crippen LogP contribution < -0.4 is 9.47 Å². The van der Waals surface area contributed by atoms with Gasteiger partial charge in [0.05, 0.1) is 0 Å². The predicted octanol–water partition coefficient (Wildman–Crippen LogP) is 4.12. The molecule has 4 aromatic rings. The van der Waals surface area contributed by atoms with Crippen molar-refractivity contribution in [1.82, 2.24) is 0 Å². The monoisotopic (exact) mass is 544 g/mol. The fraction of sp³-hybridized carbons (Fsp3) is 0.200. The molecule has 0 fully saturated rings. The van der Waals surface area contributed by atoms with Gasteiger partial charge in [0.15, 0.2) is 35.2 Å². The Labute approximate surface area is 227 Å². The second-order valence-corrected chi connectivity index (χ2v) is 10.2. The van der Waals surface area contributed by atoms with Crippen LogP contribution in [0.4, 0.5) is 0 Å². The summed E-state index contributed by atoms with van der Waals surface area (Å²) in [6, 6.07) is 16.6. The SMILES string of the molecule is Oc1ccc([C@H]2Oc3c(O)c(O)cc4c3[C@@H](O[C@@H]3[C@@H]4c4ccc(O)c(O)c4O[C@@H]3c3ccc(O)cc3)[C@@H]2O)cc1. The molecule has 0 saturated carbocycles. The fourth-order valence-electron chi connectivity index (χ4n) is 6.02. The van der Waals surface area contributed by atoms with Crippen LogP contribution in [0.2, 0.25) is 0 Å². The summed E-state index contributed by atoms with van der Waals surface area (Å²) in [6.45, 7) is 0. The van der Waals surface area contributed by atoms with Gasteiger partial charge in [0.2, 0.25) is 11.5 Å². The molecule has 3 aliphatic heterocycles. The van der Waals surface area contributed by atoms with Crippen molar-refractivity contribution in [3.63, 3.8) is 0 Å². The Morgan fingerprint density at radius 3 is 1.77 bits per heavy atom. The third-order valence-corrected chi connectivity index (χ3v) is 7.88. The minimum atomic E-state index is -1.27. The van der Waals surface area contributed by atoms with E-state index in [-0.39, 0.29) is 28.7 Å². The molecule has 10 nitrogen and oxygen atoms in total. The Bertz CT molecular complexity index is 1630. The van der Waals surface area contributed by atoms with Gasteiger partial charge in [0.1, 0.15) is 29.8 Å². The second kappa shape index (κ2) is 8.60. The van der Waals surface area contributed by atoms with Crippen molar-refractivity contribution in [3.8, 4) is 46.0 Å². The highest BCUT2D eigenvalue weighted by Crippen LogP contribution is 2.62. The van der Waals surface area contributed by atoms with Crippen molar-refractivity contribution < 1.29 is 50.0 Å². The van der Waals surface area contributed by atoms with E-state index in [2.05, 4.69) is 0 Å². The number of rotatable bonds is 2. The third kappa shape index (κ3) is 3.43. The van der Waals surface area contributed by atoms with Crippen LogP contribution in [0.3, 0.4) is 0 Å². The maximum Gasteiger partial charge on any atom is 0.200 e. The number of hydrogen-bond acceptors (Lipinski definition) is 10. The van der Waals surface area contributed by atoms with Crippen molar-refractivity contribution in [2.75, 3.05) is 0 Å². The lowest BCUT2D eigenvalue weighted by Gasteiger charge is -2.49. The molecule has 40 heavy (non-hydrogen) atoms. The smallest absolute Gasteiger partial charge is 0.200 e. The highest BCUT2D eigenvalue weighted by atomic mass is 16.6. The molecule has 0 spiro atoms. The first-order valence-electron chi connectivity index (χ1n) is 12.6. The van der Waals surface area contributed by atoms with E-state index >= 15 is 0 Å². The average molecular weight is 545 g/mol. The number of hydrogen-bond donors (Lipinski definition) is 7. The summed E-state index contributed by atoms with van der Waals surface area (Å²) in [4.78, 5) is 0. The van der Waals surface area contributed by atoms with Crippen LogP contribution in [0.1, 0.15) is 52.0 Å². The molecule has 0 bridgehead atoms. The Hall–Kier alpha value is -4.80. The van der Waals surface area contributed by atoms with E-state index in [1.807, 2.05) is 0 Å². The first-order chi connectivity index (χ1) is 19.2. The topological polar surface area (TPSA) is 169 Å². The van der Waals surface area contributed by atoms with Crippen LogP contribution in [0, 0.1) is 0 Å². The van der Waals surface area contributed by atoms with Gasteiger partial charge in [-0.2, -0.15) is 0 Å². The Balaban J connectivity index is 1.45. The van der Waals surface area contributed by atoms with Gasteiger partial charge < -0.3 is 50.0 Å².